The molecule has 2 heteroatoms. The number of rotatable bonds is 3. The largest absolute Gasteiger partial charge is 0.321 e. The smallest absolute Gasteiger partial charge is 0.155 e. The SMILES string of the molecule is [2H]C([2H])(c1ccccc1)[C@H](N)C(=O)C(C)(C)C. The average Bonchev–Trinajstić information content (AvgIpc) is 2.27. The molecule has 0 aliphatic heterocycles. The third-order valence-electron chi connectivity index (χ3n) is 2.12. The normalized spacial score (nSPS) is 16.5. The van der Waals surface area contributed by atoms with Crippen LogP contribution in [0.2, 0.25) is 0 Å². The molecule has 1 aromatic carbocycles. The molecule has 2 N–H and O–H groups in total. The van der Waals surface area contributed by atoms with Gasteiger partial charge in [0.2, 0.25) is 0 Å². The van der Waals surface area contributed by atoms with E-state index in [-0.39, 0.29) is 5.78 Å². The van der Waals surface area contributed by atoms with E-state index in [1.54, 1.807) is 51.1 Å². The van der Waals surface area contributed by atoms with Crippen LogP contribution in [0.5, 0.6) is 0 Å². The van der Waals surface area contributed by atoms with Gasteiger partial charge >= 0.3 is 0 Å². The molecule has 0 aliphatic rings. The minimum Gasteiger partial charge on any atom is -0.321 e. The predicted octanol–water partition coefficient (Wildman–Crippen LogP) is 2.17. The van der Waals surface area contributed by atoms with Gasteiger partial charge in [-0.25, -0.2) is 0 Å². The highest BCUT2D eigenvalue weighted by molar-refractivity contribution is 5.88. The summed E-state index contributed by atoms with van der Waals surface area (Å²) in [6, 6.07) is 7.43. The molecule has 0 amide bonds. The van der Waals surface area contributed by atoms with Crippen LogP contribution < -0.4 is 5.73 Å². The van der Waals surface area contributed by atoms with Crippen molar-refractivity contribution in [2.45, 2.75) is 33.2 Å². The number of carbonyl (C=O) groups is 1. The van der Waals surface area contributed by atoms with Gasteiger partial charge < -0.3 is 5.73 Å². The molecular formula is C13H19NO. The average molecular weight is 207 g/mol. The molecule has 0 unspecified atom stereocenters. The van der Waals surface area contributed by atoms with Crippen molar-refractivity contribution in [2.24, 2.45) is 11.1 Å². The third kappa shape index (κ3) is 3.48. The van der Waals surface area contributed by atoms with Crippen molar-refractivity contribution in [3.8, 4) is 0 Å². The van der Waals surface area contributed by atoms with E-state index in [0.29, 0.717) is 5.56 Å². The summed E-state index contributed by atoms with van der Waals surface area (Å²) in [6.45, 7) is 5.24. The van der Waals surface area contributed by atoms with E-state index in [4.69, 9.17) is 8.48 Å². The molecule has 0 fully saturated rings. The van der Waals surface area contributed by atoms with Crippen LogP contribution >= 0.6 is 0 Å². The molecule has 0 radical (unpaired) electrons. The summed E-state index contributed by atoms with van der Waals surface area (Å²) in [7, 11) is 0. The van der Waals surface area contributed by atoms with Crippen LogP contribution in [-0.2, 0) is 11.2 Å². The first-order valence-corrected chi connectivity index (χ1v) is 5.03. The van der Waals surface area contributed by atoms with Crippen molar-refractivity contribution < 1.29 is 7.54 Å². The standard InChI is InChI=1S/C13H19NO/c1-13(2,3)12(15)11(14)9-10-7-5-4-6-8-10/h4-8,11H,9,14H2,1-3H3/t11-/m0/s1/i9D2. The number of hydrogen-bond donors (Lipinski definition) is 1. The fourth-order valence-corrected chi connectivity index (χ4v) is 1.25. The van der Waals surface area contributed by atoms with Gasteiger partial charge in [0.1, 0.15) is 0 Å². The van der Waals surface area contributed by atoms with Crippen molar-refractivity contribution in [3.63, 3.8) is 0 Å². The van der Waals surface area contributed by atoms with Gasteiger partial charge in [-0.1, -0.05) is 51.1 Å². The van der Waals surface area contributed by atoms with Crippen LogP contribution in [0.4, 0.5) is 0 Å². The second kappa shape index (κ2) is 4.58. The second-order valence-electron chi connectivity index (χ2n) is 4.60. The maximum atomic E-state index is 12.0. The maximum Gasteiger partial charge on any atom is 0.155 e. The number of nitrogens with two attached hydrogens (primary N) is 1. The van der Waals surface area contributed by atoms with Crippen LogP contribution in [0.25, 0.3) is 0 Å². The van der Waals surface area contributed by atoms with Gasteiger partial charge in [-0.15, -0.1) is 0 Å². The third-order valence-corrected chi connectivity index (χ3v) is 2.12. The van der Waals surface area contributed by atoms with E-state index < -0.39 is 17.8 Å². The van der Waals surface area contributed by atoms with Crippen LogP contribution in [0.15, 0.2) is 30.3 Å². The van der Waals surface area contributed by atoms with Gasteiger partial charge in [-0.2, -0.15) is 0 Å². The number of hydrogen-bond acceptors (Lipinski definition) is 2. The van der Waals surface area contributed by atoms with Crippen LogP contribution in [0.3, 0.4) is 0 Å². The summed E-state index contributed by atoms with van der Waals surface area (Å²) < 4.78 is 16.0. The Balaban J connectivity index is 3.03. The molecule has 0 spiro atoms. The van der Waals surface area contributed by atoms with Crippen molar-refractivity contribution in [2.75, 3.05) is 0 Å². The highest BCUT2D eigenvalue weighted by Gasteiger charge is 2.26. The minimum absolute atomic E-state index is 0.272. The molecule has 0 saturated heterocycles. The summed E-state index contributed by atoms with van der Waals surface area (Å²) in [4.78, 5) is 12.0. The van der Waals surface area contributed by atoms with Crippen molar-refractivity contribution in [1.82, 2.24) is 0 Å². The van der Waals surface area contributed by atoms with E-state index in [1.165, 1.54) is 0 Å². The van der Waals surface area contributed by atoms with E-state index in [1.807, 2.05) is 0 Å². The Morgan fingerprint density at radius 3 is 2.40 bits per heavy atom. The van der Waals surface area contributed by atoms with Gasteiger partial charge in [0, 0.05) is 8.16 Å². The molecule has 1 aromatic rings. The molecule has 0 saturated carbocycles. The van der Waals surface area contributed by atoms with Gasteiger partial charge in [0.05, 0.1) is 6.04 Å². The molecule has 82 valence electrons. The zero-order valence-corrected chi connectivity index (χ0v) is 9.45. The van der Waals surface area contributed by atoms with Crippen molar-refractivity contribution in [1.29, 1.82) is 0 Å². The monoisotopic (exact) mass is 207 g/mol. The first kappa shape index (κ1) is 9.10. The summed E-state index contributed by atoms with van der Waals surface area (Å²) >= 11 is 0. The molecule has 15 heavy (non-hydrogen) atoms. The Labute approximate surface area is 94.3 Å². The number of carbonyl (C=O) groups excluding carboxylic acids is 1. The Morgan fingerprint density at radius 2 is 1.93 bits per heavy atom. The summed E-state index contributed by atoms with van der Waals surface area (Å²) in [5, 5.41) is 0. The number of Topliss-reactive ketones (excluding diaryl/α,β-unsaturated/α-hetero) is 1. The number of benzene rings is 1. The highest BCUT2D eigenvalue weighted by atomic mass is 16.1. The first-order chi connectivity index (χ1) is 7.67. The summed E-state index contributed by atoms with van der Waals surface area (Å²) in [5.74, 6) is -0.272. The van der Waals surface area contributed by atoms with Crippen molar-refractivity contribution in [3.05, 3.63) is 35.9 Å². The summed E-state index contributed by atoms with van der Waals surface area (Å²) in [6.07, 6.45) is -1.84. The molecule has 0 heterocycles. The van der Waals surface area contributed by atoms with E-state index in [9.17, 15) is 4.79 Å². The Kier molecular flexibility index (Phi) is 2.78. The van der Waals surface area contributed by atoms with Gasteiger partial charge in [-0.05, 0) is 11.9 Å². The Bertz CT molecular complexity index is 396. The summed E-state index contributed by atoms with van der Waals surface area (Å²) in [5.41, 5.74) is 5.59. The Hall–Kier alpha value is -1.15. The van der Waals surface area contributed by atoms with Gasteiger partial charge in [0.25, 0.3) is 0 Å². The lowest BCUT2D eigenvalue weighted by atomic mass is 9.85. The van der Waals surface area contributed by atoms with E-state index >= 15 is 0 Å². The Morgan fingerprint density at radius 1 is 1.40 bits per heavy atom. The molecule has 0 aliphatic carbocycles. The van der Waals surface area contributed by atoms with Gasteiger partial charge in [-0.3, -0.25) is 4.79 Å². The van der Waals surface area contributed by atoms with E-state index in [2.05, 4.69) is 0 Å². The lowest BCUT2D eigenvalue weighted by Gasteiger charge is -2.21. The fourth-order valence-electron chi connectivity index (χ4n) is 1.25. The van der Waals surface area contributed by atoms with Crippen LogP contribution in [0.1, 0.15) is 29.1 Å². The first-order valence-electron chi connectivity index (χ1n) is 6.03. The highest BCUT2D eigenvalue weighted by Crippen LogP contribution is 2.17. The molecular weight excluding hydrogens is 186 g/mol. The molecule has 0 aromatic heterocycles. The molecule has 0 bridgehead atoms. The van der Waals surface area contributed by atoms with Crippen LogP contribution in [-0.4, -0.2) is 11.8 Å². The quantitative estimate of drug-likeness (QED) is 0.825. The maximum absolute atomic E-state index is 12.0. The molecule has 1 atom stereocenters. The fraction of sp³-hybridized carbons (Fsp3) is 0.462. The molecule has 2 nitrogen and oxygen atoms in total. The van der Waals surface area contributed by atoms with Crippen LogP contribution in [0, 0.1) is 5.41 Å². The second-order valence-corrected chi connectivity index (χ2v) is 4.60. The zero-order valence-electron chi connectivity index (χ0n) is 11.4. The van der Waals surface area contributed by atoms with E-state index in [0.717, 1.165) is 0 Å². The zero-order chi connectivity index (χ0) is 13.3. The van der Waals surface area contributed by atoms with Gasteiger partial charge in [0.15, 0.2) is 5.78 Å². The lowest BCUT2D eigenvalue weighted by molar-refractivity contribution is -0.127. The lowest BCUT2D eigenvalue weighted by Crippen LogP contribution is -2.40. The predicted molar refractivity (Wildman–Crippen MR) is 62.6 cm³/mol. The van der Waals surface area contributed by atoms with Crippen molar-refractivity contribution >= 4 is 5.78 Å². The number of ketones is 1. The minimum atomic E-state index is -1.84. The molecule has 1 rings (SSSR count). The topological polar surface area (TPSA) is 43.1 Å².